The number of aryl methyl sites for hydroxylation is 2. The molecule has 2 aliphatic rings. The van der Waals surface area contributed by atoms with Gasteiger partial charge in [0.15, 0.2) is 0 Å². The van der Waals surface area contributed by atoms with Gasteiger partial charge in [-0.3, -0.25) is 9.59 Å². The number of amides is 2. The minimum atomic E-state index is -0.0207. The molecule has 3 aromatic rings. The highest BCUT2D eigenvalue weighted by atomic mass is 16.2. The molecule has 0 unspecified atom stereocenters. The van der Waals surface area contributed by atoms with Crippen LogP contribution in [0.5, 0.6) is 0 Å². The van der Waals surface area contributed by atoms with Crippen molar-refractivity contribution in [2.75, 3.05) is 13.6 Å². The Labute approximate surface area is 328 Å². The van der Waals surface area contributed by atoms with E-state index in [1.54, 1.807) is 7.05 Å². The Morgan fingerprint density at radius 3 is 1.58 bits per heavy atom. The average Bonchev–Trinajstić information content (AvgIpc) is 3.84. The highest BCUT2D eigenvalue weighted by Gasteiger charge is 2.23. The quantitative estimate of drug-likeness (QED) is 0.0915. The van der Waals surface area contributed by atoms with Crippen LogP contribution in [0.3, 0.4) is 0 Å². The van der Waals surface area contributed by atoms with Gasteiger partial charge in [0.25, 0.3) is 0 Å². The van der Waals surface area contributed by atoms with Crippen molar-refractivity contribution in [2.45, 2.75) is 125 Å². The molecule has 0 saturated carbocycles. The minimum Gasteiger partial charge on any atom is -0.359 e. The summed E-state index contributed by atoms with van der Waals surface area (Å²) in [6.45, 7) is 19.6. The monoisotopic (exact) mass is 742 g/mol. The Bertz CT molecular complexity index is 2140. The van der Waals surface area contributed by atoms with Crippen LogP contribution in [0.25, 0.3) is 56.5 Å². The van der Waals surface area contributed by atoms with E-state index in [9.17, 15) is 9.59 Å². The highest BCUT2D eigenvalue weighted by Crippen LogP contribution is 2.38. The molecule has 5 rings (SSSR count). The molecule has 8 bridgehead atoms. The maximum atomic E-state index is 13.2. The molecule has 2 amide bonds. The molecule has 4 N–H and O–H groups in total. The summed E-state index contributed by atoms with van der Waals surface area (Å²) in [6.07, 6.45) is 18.3. The summed E-state index contributed by atoms with van der Waals surface area (Å²) in [5, 5.41) is 5.93. The van der Waals surface area contributed by atoms with E-state index in [4.69, 9.17) is 9.97 Å². The number of hydrogen-bond donors (Lipinski definition) is 4. The Balaban J connectivity index is 1.49. The summed E-state index contributed by atoms with van der Waals surface area (Å²) in [5.41, 5.74) is 15.4. The van der Waals surface area contributed by atoms with Crippen molar-refractivity contribution in [1.29, 1.82) is 0 Å². The van der Waals surface area contributed by atoms with Crippen LogP contribution in [0.4, 0.5) is 0 Å². The van der Waals surface area contributed by atoms with E-state index in [0.717, 1.165) is 102 Å². The van der Waals surface area contributed by atoms with Crippen LogP contribution < -0.4 is 10.6 Å². The van der Waals surface area contributed by atoms with Gasteiger partial charge >= 0.3 is 0 Å². The van der Waals surface area contributed by atoms with Crippen LogP contribution in [-0.4, -0.2) is 45.3 Å². The molecule has 0 aromatic carbocycles. The van der Waals surface area contributed by atoms with Crippen LogP contribution in [0, 0.1) is 13.8 Å². The Morgan fingerprint density at radius 2 is 1.07 bits per heavy atom. The standard InChI is InChI=1S/C47H62N6O2/c1-9-12-13-14-15-16-17-18-19-20-25-49-47(55)24-22-37-32(6)39-26-38-30(4)34(10-2)42(50-38)27-40-31(5)35(11-3)43(51-40)28-41-33(7)36(21-23-46(54)48-8)44(53-41)29-45(37)52-39/h10-11,26-29,50-51H,2-3,9,12-25H2,1,4-8H3,(H,48,54)(H,49,55). The minimum absolute atomic E-state index is 0.0207. The van der Waals surface area contributed by atoms with E-state index in [2.05, 4.69) is 86.6 Å². The number of fused-ring (bicyclic) bond motifs is 8. The zero-order chi connectivity index (χ0) is 39.5. The second-order valence-electron chi connectivity index (χ2n) is 15.1. The molecule has 8 heteroatoms. The maximum Gasteiger partial charge on any atom is 0.220 e. The van der Waals surface area contributed by atoms with Gasteiger partial charge in [-0.15, -0.1) is 0 Å². The Kier molecular flexibility index (Phi) is 14.6. The van der Waals surface area contributed by atoms with Gasteiger partial charge in [-0.1, -0.05) is 90.0 Å². The Hall–Kier alpha value is -4.98. The molecule has 292 valence electrons. The van der Waals surface area contributed by atoms with E-state index >= 15 is 0 Å². The molecule has 2 aliphatic heterocycles. The first kappa shape index (κ1) is 41.2. The van der Waals surface area contributed by atoms with Gasteiger partial charge in [0.05, 0.1) is 22.8 Å². The number of allylic oxidation sites excluding steroid dienone is 4. The zero-order valence-electron chi connectivity index (χ0n) is 34.2. The van der Waals surface area contributed by atoms with Crippen LogP contribution >= 0.6 is 0 Å². The lowest BCUT2D eigenvalue weighted by Gasteiger charge is -2.08. The number of unbranched alkanes of at least 4 members (excludes halogenated alkanes) is 9. The number of H-pyrrole nitrogens is 2. The SMILES string of the molecule is C=Cc1c(C)c2cc3[nH]c(cc4nc(cc5nc(cc1[nH]2)C(C)=C5CCC(=O)NC)C(CCC(=O)NCCCCCCCCCCCC)=C4C)c(C)c3C=C. The van der Waals surface area contributed by atoms with Crippen molar-refractivity contribution in [2.24, 2.45) is 0 Å². The van der Waals surface area contributed by atoms with E-state index in [1.165, 1.54) is 51.4 Å². The van der Waals surface area contributed by atoms with Crippen LogP contribution in [0.1, 0.15) is 156 Å². The number of aromatic amines is 2. The molecule has 3 aromatic heterocycles. The van der Waals surface area contributed by atoms with Crippen molar-refractivity contribution >= 4 is 68.3 Å². The second kappa shape index (κ2) is 19.6. The summed E-state index contributed by atoms with van der Waals surface area (Å²) < 4.78 is 0. The Morgan fingerprint density at radius 1 is 0.618 bits per heavy atom. The fourth-order valence-corrected chi connectivity index (χ4v) is 7.83. The third-order valence-electron chi connectivity index (χ3n) is 11.4. The van der Waals surface area contributed by atoms with Crippen LogP contribution in [0.15, 0.2) is 37.4 Å². The largest absolute Gasteiger partial charge is 0.359 e. The van der Waals surface area contributed by atoms with Crippen molar-refractivity contribution in [3.8, 4) is 0 Å². The smallest absolute Gasteiger partial charge is 0.220 e. The summed E-state index contributed by atoms with van der Waals surface area (Å²) in [7, 11) is 1.66. The first-order valence-corrected chi connectivity index (χ1v) is 20.5. The molecule has 0 aliphatic carbocycles. The molecule has 0 saturated heterocycles. The molecule has 8 nitrogen and oxygen atoms in total. The number of carbonyl (C=O) groups excluding carboxylic acids is 2. The second-order valence-corrected chi connectivity index (χ2v) is 15.1. The van der Waals surface area contributed by atoms with Crippen LogP contribution in [-0.2, 0) is 9.59 Å². The predicted molar refractivity (Wildman–Crippen MR) is 233 cm³/mol. The number of nitrogens with one attached hydrogen (secondary N) is 4. The normalized spacial score (nSPS) is 12.7. The molecule has 0 fully saturated rings. The average molecular weight is 743 g/mol. The molecule has 0 radical (unpaired) electrons. The highest BCUT2D eigenvalue weighted by molar-refractivity contribution is 5.97. The van der Waals surface area contributed by atoms with Gasteiger partial charge in [0.2, 0.25) is 11.8 Å². The zero-order valence-corrected chi connectivity index (χ0v) is 34.2. The molecular weight excluding hydrogens is 681 g/mol. The molecule has 0 atom stereocenters. The van der Waals surface area contributed by atoms with Crippen LogP contribution in [0.2, 0.25) is 0 Å². The summed E-state index contributed by atoms with van der Waals surface area (Å²) >= 11 is 0. The molecule has 5 heterocycles. The van der Waals surface area contributed by atoms with Crippen molar-refractivity contribution < 1.29 is 9.59 Å². The third kappa shape index (κ3) is 10.0. The van der Waals surface area contributed by atoms with E-state index in [-0.39, 0.29) is 11.8 Å². The number of hydrogen-bond acceptors (Lipinski definition) is 4. The first-order chi connectivity index (χ1) is 26.6. The summed E-state index contributed by atoms with van der Waals surface area (Å²) in [5.74, 6) is 0.0407. The number of carbonyl (C=O) groups is 2. The lowest BCUT2D eigenvalue weighted by molar-refractivity contribution is -0.121. The lowest BCUT2D eigenvalue weighted by atomic mass is 9.98. The first-order valence-electron chi connectivity index (χ1n) is 20.5. The molecule has 55 heavy (non-hydrogen) atoms. The van der Waals surface area contributed by atoms with Crippen molar-refractivity contribution in [3.63, 3.8) is 0 Å². The number of aromatic nitrogens is 4. The van der Waals surface area contributed by atoms with Gasteiger partial charge in [0.1, 0.15) is 0 Å². The van der Waals surface area contributed by atoms with Gasteiger partial charge in [-0.25, -0.2) is 9.97 Å². The predicted octanol–water partition coefficient (Wildman–Crippen LogP) is 11.4. The summed E-state index contributed by atoms with van der Waals surface area (Å²) in [4.78, 5) is 43.2. The summed E-state index contributed by atoms with van der Waals surface area (Å²) in [6, 6.07) is 8.35. The molecular formula is C47H62N6O2. The third-order valence-corrected chi connectivity index (χ3v) is 11.4. The number of rotatable bonds is 19. The fraction of sp³-hybridized carbons (Fsp3) is 0.447. The topological polar surface area (TPSA) is 116 Å². The lowest BCUT2D eigenvalue weighted by Crippen LogP contribution is -2.24. The fourth-order valence-electron chi connectivity index (χ4n) is 7.83. The van der Waals surface area contributed by atoms with Gasteiger partial charge in [-0.2, -0.15) is 0 Å². The number of nitrogens with zero attached hydrogens (tertiary/aromatic N) is 2. The van der Waals surface area contributed by atoms with E-state index in [1.807, 2.05) is 18.2 Å². The van der Waals surface area contributed by atoms with Crippen molar-refractivity contribution in [3.05, 3.63) is 82.5 Å². The van der Waals surface area contributed by atoms with E-state index < -0.39 is 0 Å². The van der Waals surface area contributed by atoms with E-state index in [0.29, 0.717) is 32.2 Å². The van der Waals surface area contributed by atoms with Gasteiger partial charge < -0.3 is 20.6 Å². The van der Waals surface area contributed by atoms with Gasteiger partial charge in [0, 0.05) is 59.6 Å². The maximum absolute atomic E-state index is 13.2. The van der Waals surface area contributed by atoms with Crippen molar-refractivity contribution in [1.82, 2.24) is 30.6 Å². The van der Waals surface area contributed by atoms with Gasteiger partial charge in [-0.05, 0) is 105 Å². The molecule has 0 spiro atoms.